The lowest BCUT2D eigenvalue weighted by Gasteiger charge is -2.46. The van der Waals surface area contributed by atoms with E-state index < -0.39 is 86.8 Å². The fraction of sp³-hybridized carbons (Fsp3) is 0.887. The second-order valence-electron chi connectivity index (χ2n) is 28.2. The first-order valence-corrected chi connectivity index (χ1v) is 39.9. The number of carbonyl (C=O) groups is 1. The molecule has 12 atom stereocenters. The molecule has 2 rings (SSSR count). The van der Waals surface area contributed by atoms with Gasteiger partial charge in [0.1, 0.15) is 48.8 Å². The summed E-state index contributed by atoms with van der Waals surface area (Å²) in [6.45, 7) is 2.81. The van der Waals surface area contributed by atoms with Crippen LogP contribution in [-0.4, -0.2) is 140 Å². The highest BCUT2D eigenvalue weighted by Gasteiger charge is 2.51. The molecule has 0 aliphatic carbocycles. The van der Waals surface area contributed by atoms with Gasteiger partial charge in [-0.25, -0.2) is 0 Å². The zero-order valence-corrected chi connectivity index (χ0v) is 60.5. The number of aliphatic hydroxyl groups is 8. The maximum Gasteiger partial charge on any atom is 0.220 e. The predicted octanol–water partition coefficient (Wildman–Crippen LogP) is 17.8. The highest BCUT2D eigenvalue weighted by atomic mass is 16.7. The summed E-state index contributed by atoms with van der Waals surface area (Å²) in [4.78, 5) is 13.4. The van der Waals surface area contributed by atoms with E-state index in [0.29, 0.717) is 12.8 Å². The van der Waals surface area contributed by atoms with E-state index in [1.165, 1.54) is 257 Å². The van der Waals surface area contributed by atoms with E-state index in [1.807, 2.05) is 0 Å². The van der Waals surface area contributed by atoms with E-state index in [9.17, 15) is 45.6 Å². The van der Waals surface area contributed by atoms with Crippen LogP contribution in [0.4, 0.5) is 0 Å². The normalized spacial score (nSPS) is 22.7. The molecule has 2 aliphatic heterocycles. The molecule has 0 aromatic rings. The molecule has 2 heterocycles. The molecule has 552 valence electrons. The number of hydrogen-bond donors (Lipinski definition) is 9. The molecule has 0 spiro atoms. The second-order valence-corrected chi connectivity index (χ2v) is 28.2. The SMILES string of the molecule is CC/C=C\C/C=C\C/C=C\C/C=C\CCCCCCCCCCCCCCCCCCC(=O)NC(COC1OC(CO)C(OC2OC(CO)C(O)C(O)C2O)C(O)C1O)C(O)CCCCCCCCCCCCCCCCCCCCCCCCCCCCCCCCC. The van der Waals surface area contributed by atoms with Gasteiger partial charge in [0.05, 0.1) is 32.0 Å². The number of amides is 1. The zero-order chi connectivity index (χ0) is 68.0. The fourth-order valence-electron chi connectivity index (χ4n) is 13.3. The lowest BCUT2D eigenvalue weighted by Crippen LogP contribution is -2.65. The van der Waals surface area contributed by atoms with Gasteiger partial charge in [-0.15, -0.1) is 0 Å². The van der Waals surface area contributed by atoms with Crippen LogP contribution in [-0.2, 0) is 23.7 Å². The average Bonchev–Trinajstić information content (AvgIpc) is 0.794. The van der Waals surface area contributed by atoms with Crippen LogP contribution >= 0.6 is 0 Å². The molecule has 12 unspecified atom stereocenters. The Morgan fingerprint density at radius 3 is 1.13 bits per heavy atom. The molecule has 2 fully saturated rings. The Labute approximate surface area is 575 Å². The molecular formula is C80H149NO13. The lowest BCUT2D eigenvalue weighted by atomic mass is 9.97. The van der Waals surface area contributed by atoms with Crippen LogP contribution in [0.5, 0.6) is 0 Å². The Kier molecular flexibility index (Phi) is 60.3. The van der Waals surface area contributed by atoms with Crippen LogP contribution in [0, 0.1) is 0 Å². The molecule has 14 nitrogen and oxygen atoms in total. The van der Waals surface area contributed by atoms with Crippen LogP contribution in [0.15, 0.2) is 48.6 Å². The first kappa shape index (κ1) is 88.0. The van der Waals surface area contributed by atoms with Crippen LogP contribution in [0.25, 0.3) is 0 Å². The van der Waals surface area contributed by atoms with E-state index in [4.69, 9.17) is 18.9 Å². The van der Waals surface area contributed by atoms with Crippen molar-refractivity contribution < 1.29 is 64.6 Å². The summed E-state index contributed by atoms with van der Waals surface area (Å²) in [5, 5.41) is 87.9. The first-order valence-electron chi connectivity index (χ1n) is 39.9. The molecule has 0 aromatic heterocycles. The van der Waals surface area contributed by atoms with Crippen LogP contribution in [0.1, 0.15) is 361 Å². The van der Waals surface area contributed by atoms with Crippen molar-refractivity contribution in [2.75, 3.05) is 19.8 Å². The summed E-state index contributed by atoms with van der Waals surface area (Å²) in [6, 6.07) is -0.831. The second kappa shape index (κ2) is 64.3. The van der Waals surface area contributed by atoms with E-state index >= 15 is 0 Å². The highest BCUT2D eigenvalue weighted by Crippen LogP contribution is 2.30. The number of allylic oxidation sites excluding steroid dienone is 8. The molecule has 2 saturated heterocycles. The molecule has 0 aromatic carbocycles. The zero-order valence-electron chi connectivity index (χ0n) is 60.5. The number of carbonyl (C=O) groups excluding carboxylic acids is 1. The monoisotopic (exact) mass is 1330 g/mol. The summed E-state index contributed by atoms with van der Waals surface area (Å²) in [7, 11) is 0. The fourth-order valence-corrected chi connectivity index (χ4v) is 13.3. The summed E-state index contributed by atoms with van der Waals surface area (Å²) in [5.74, 6) is -0.201. The lowest BCUT2D eigenvalue weighted by molar-refractivity contribution is -0.359. The van der Waals surface area contributed by atoms with Crippen molar-refractivity contribution in [1.82, 2.24) is 5.32 Å². The summed E-state index contributed by atoms with van der Waals surface area (Å²) < 4.78 is 23.0. The standard InChI is InChI=1S/C80H149NO13/c1-3-5-7-9-11-13-15-17-19-21-23-25-27-29-31-33-34-36-37-39-41-43-45-47-49-51-53-55-57-59-61-63-69(84)68(67-91-79-77(90)75(88)78(71(66-83)93-79)94-80-76(89)74(87)73(86)70(65-82)92-80)81-72(85)64-62-60-58-56-54-52-50-48-46-44-42-40-38-35-32-30-28-26-24-22-20-18-16-14-12-10-8-6-4-2/h6,8,12,14,18,20,24,26,68-71,73-80,82-84,86-90H,3-5,7,9-11,13,15-17,19,21-23,25,27-67H2,1-2H3,(H,81,85)/b8-6-,14-12-,20-18-,26-24-. The van der Waals surface area contributed by atoms with Gasteiger partial charge in [0.2, 0.25) is 5.91 Å². The van der Waals surface area contributed by atoms with Gasteiger partial charge in [-0.3, -0.25) is 4.79 Å². The summed E-state index contributed by atoms with van der Waals surface area (Å²) in [5.41, 5.74) is 0. The Hall–Kier alpha value is -2.05. The van der Waals surface area contributed by atoms with Crippen molar-refractivity contribution in [2.24, 2.45) is 0 Å². The van der Waals surface area contributed by atoms with Crippen molar-refractivity contribution in [3.63, 3.8) is 0 Å². The van der Waals surface area contributed by atoms with E-state index in [0.717, 1.165) is 77.0 Å². The van der Waals surface area contributed by atoms with Gasteiger partial charge in [0, 0.05) is 6.42 Å². The number of unbranched alkanes of at least 4 members (excludes halogenated alkanes) is 46. The van der Waals surface area contributed by atoms with Crippen LogP contribution in [0.2, 0.25) is 0 Å². The minimum absolute atomic E-state index is 0.201. The number of rotatable bonds is 67. The molecule has 94 heavy (non-hydrogen) atoms. The maximum atomic E-state index is 13.4. The predicted molar refractivity (Wildman–Crippen MR) is 388 cm³/mol. The molecule has 0 bridgehead atoms. The average molecular weight is 1330 g/mol. The molecule has 2 aliphatic rings. The Morgan fingerprint density at radius 1 is 0.394 bits per heavy atom. The number of hydrogen-bond acceptors (Lipinski definition) is 13. The molecule has 0 radical (unpaired) electrons. The largest absolute Gasteiger partial charge is 0.394 e. The third-order valence-corrected chi connectivity index (χ3v) is 19.6. The van der Waals surface area contributed by atoms with Gasteiger partial charge in [0.25, 0.3) is 0 Å². The third kappa shape index (κ3) is 47.1. The van der Waals surface area contributed by atoms with Gasteiger partial charge in [-0.2, -0.15) is 0 Å². The van der Waals surface area contributed by atoms with Crippen molar-refractivity contribution in [1.29, 1.82) is 0 Å². The first-order chi connectivity index (χ1) is 46.1. The van der Waals surface area contributed by atoms with Crippen LogP contribution in [0.3, 0.4) is 0 Å². The summed E-state index contributed by atoms with van der Waals surface area (Å²) in [6.07, 6.45) is 68.6. The quantitative estimate of drug-likeness (QED) is 0.0204. The van der Waals surface area contributed by atoms with Gasteiger partial charge in [-0.1, -0.05) is 351 Å². The van der Waals surface area contributed by atoms with Crippen LogP contribution < -0.4 is 5.32 Å². The highest BCUT2D eigenvalue weighted by molar-refractivity contribution is 5.76. The molecule has 14 heteroatoms. The molecular weight excluding hydrogens is 1180 g/mol. The van der Waals surface area contributed by atoms with Gasteiger partial charge in [-0.05, 0) is 51.4 Å². The van der Waals surface area contributed by atoms with E-state index in [-0.39, 0.29) is 12.5 Å². The minimum Gasteiger partial charge on any atom is -0.394 e. The third-order valence-electron chi connectivity index (χ3n) is 19.6. The van der Waals surface area contributed by atoms with Crippen molar-refractivity contribution in [3.8, 4) is 0 Å². The molecule has 1 amide bonds. The molecule has 0 saturated carbocycles. The van der Waals surface area contributed by atoms with Gasteiger partial charge < -0.3 is 65.1 Å². The maximum absolute atomic E-state index is 13.4. The summed E-state index contributed by atoms with van der Waals surface area (Å²) >= 11 is 0. The minimum atomic E-state index is -1.78. The smallest absolute Gasteiger partial charge is 0.220 e. The number of nitrogens with one attached hydrogen (secondary N) is 1. The van der Waals surface area contributed by atoms with Crippen molar-refractivity contribution in [2.45, 2.75) is 434 Å². The van der Waals surface area contributed by atoms with Crippen molar-refractivity contribution >= 4 is 5.91 Å². The topological polar surface area (TPSA) is 228 Å². The number of ether oxygens (including phenoxy) is 4. The van der Waals surface area contributed by atoms with Crippen molar-refractivity contribution in [3.05, 3.63) is 48.6 Å². The molecule has 9 N–H and O–H groups in total. The Morgan fingerprint density at radius 2 is 0.734 bits per heavy atom. The van der Waals surface area contributed by atoms with E-state index in [1.54, 1.807) is 0 Å². The Balaban J connectivity index is 1.61. The van der Waals surface area contributed by atoms with E-state index in [2.05, 4.69) is 67.8 Å². The number of aliphatic hydroxyl groups excluding tert-OH is 8. The van der Waals surface area contributed by atoms with Gasteiger partial charge >= 0.3 is 0 Å². The van der Waals surface area contributed by atoms with Gasteiger partial charge in [0.15, 0.2) is 12.6 Å². The Bertz CT molecular complexity index is 1760.